The van der Waals surface area contributed by atoms with E-state index in [1.807, 2.05) is 30.3 Å². The summed E-state index contributed by atoms with van der Waals surface area (Å²) in [5.41, 5.74) is 1.32. The number of benzene rings is 1. The van der Waals surface area contributed by atoms with Gasteiger partial charge in [0.05, 0.1) is 0 Å². The van der Waals surface area contributed by atoms with E-state index in [0.29, 0.717) is 25.3 Å². The number of hydrogen-bond acceptors (Lipinski definition) is 4. The molecule has 6 nitrogen and oxygen atoms in total. The summed E-state index contributed by atoms with van der Waals surface area (Å²) in [6, 6.07) is 9.34. The van der Waals surface area contributed by atoms with Crippen molar-refractivity contribution in [2.24, 2.45) is 0 Å². The van der Waals surface area contributed by atoms with Crippen molar-refractivity contribution in [1.29, 1.82) is 0 Å². The number of oxazole rings is 1. The number of aromatic nitrogens is 1. The molecule has 1 aromatic heterocycles. The molecule has 1 N–H and O–H groups in total. The predicted octanol–water partition coefficient (Wildman–Crippen LogP) is 1.90. The van der Waals surface area contributed by atoms with Crippen molar-refractivity contribution in [3.05, 3.63) is 53.7 Å². The topological polar surface area (TPSA) is 75.4 Å². The van der Waals surface area contributed by atoms with Gasteiger partial charge in [0.2, 0.25) is 5.91 Å². The summed E-state index contributed by atoms with van der Waals surface area (Å²) in [4.78, 5) is 30.5. The van der Waals surface area contributed by atoms with Crippen molar-refractivity contribution in [2.45, 2.75) is 32.4 Å². The molecule has 2 aromatic rings. The highest BCUT2D eigenvalue weighted by Crippen LogP contribution is 2.16. The first kappa shape index (κ1) is 15.3. The highest BCUT2D eigenvalue weighted by Gasteiger charge is 2.30. The quantitative estimate of drug-likeness (QED) is 0.935. The van der Waals surface area contributed by atoms with Crippen molar-refractivity contribution >= 4 is 11.8 Å². The van der Waals surface area contributed by atoms with E-state index in [1.54, 1.807) is 11.8 Å². The van der Waals surface area contributed by atoms with Crippen LogP contribution in [-0.4, -0.2) is 34.3 Å². The highest BCUT2D eigenvalue weighted by molar-refractivity contribution is 5.96. The Kier molecular flexibility index (Phi) is 4.41. The van der Waals surface area contributed by atoms with Crippen LogP contribution >= 0.6 is 0 Å². The lowest BCUT2D eigenvalue weighted by Gasteiger charge is -2.32. The molecule has 1 aliphatic heterocycles. The average Bonchev–Trinajstić information content (AvgIpc) is 2.98. The third-order valence-corrected chi connectivity index (χ3v) is 4.01. The smallest absolute Gasteiger partial charge is 0.274 e. The lowest BCUT2D eigenvalue weighted by atomic mass is 10.0. The Balaban J connectivity index is 1.65. The van der Waals surface area contributed by atoms with Crippen LogP contribution in [0.5, 0.6) is 0 Å². The van der Waals surface area contributed by atoms with E-state index in [1.165, 1.54) is 6.39 Å². The molecule has 0 spiro atoms. The van der Waals surface area contributed by atoms with E-state index < -0.39 is 6.04 Å². The molecule has 3 rings (SSSR count). The van der Waals surface area contributed by atoms with E-state index in [2.05, 4.69) is 10.3 Å². The zero-order valence-corrected chi connectivity index (χ0v) is 13.0. The van der Waals surface area contributed by atoms with Crippen LogP contribution in [0.15, 0.2) is 41.1 Å². The number of amides is 2. The Hall–Kier alpha value is -2.63. The van der Waals surface area contributed by atoms with Crippen molar-refractivity contribution in [3.8, 4) is 0 Å². The number of likely N-dealkylation sites (tertiary alicyclic amines) is 1. The van der Waals surface area contributed by atoms with E-state index in [4.69, 9.17) is 4.42 Å². The predicted molar refractivity (Wildman–Crippen MR) is 83.6 cm³/mol. The van der Waals surface area contributed by atoms with Gasteiger partial charge in [0.15, 0.2) is 12.1 Å². The van der Waals surface area contributed by atoms with Gasteiger partial charge in [0.25, 0.3) is 5.91 Å². The maximum atomic E-state index is 12.6. The van der Waals surface area contributed by atoms with Crippen LogP contribution in [0.4, 0.5) is 0 Å². The molecule has 0 bridgehead atoms. The Bertz CT molecular complexity index is 696. The summed E-state index contributed by atoms with van der Waals surface area (Å²) in [6.07, 6.45) is 2.74. The summed E-state index contributed by atoms with van der Waals surface area (Å²) < 4.78 is 5.03. The van der Waals surface area contributed by atoms with Gasteiger partial charge < -0.3 is 14.6 Å². The molecule has 1 atom stereocenters. The Morgan fingerprint density at radius 1 is 1.39 bits per heavy atom. The second-order valence-electron chi connectivity index (χ2n) is 5.67. The van der Waals surface area contributed by atoms with Crippen LogP contribution in [0.25, 0.3) is 0 Å². The molecule has 23 heavy (non-hydrogen) atoms. The molecule has 1 aliphatic rings. The number of nitrogens with zero attached hydrogens (tertiary/aromatic N) is 2. The van der Waals surface area contributed by atoms with Crippen LogP contribution in [0, 0.1) is 6.92 Å². The number of aryl methyl sites for hydroxylation is 1. The fourth-order valence-corrected chi connectivity index (χ4v) is 2.78. The number of carbonyl (C=O) groups is 2. The van der Waals surface area contributed by atoms with Gasteiger partial charge in [-0.2, -0.15) is 0 Å². The second-order valence-corrected chi connectivity index (χ2v) is 5.67. The minimum Gasteiger partial charge on any atom is -0.448 e. The summed E-state index contributed by atoms with van der Waals surface area (Å²) in [7, 11) is 0. The molecule has 6 heteroatoms. The lowest BCUT2D eigenvalue weighted by molar-refractivity contribution is -0.136. The summed E-state index contributed by atoms with van der Waals surface area (Å²) >= 11 is 0. The Morgan fingerprint density at radius 3 is 2.87 bits per heavy atom. The van der Waals surface area contributed by atoms with Gasteiger partial charge in [0.1, 0.15) is 11.8 Å². The van der Waals surface area contributed by atoms with Crippen molar-refractivity contribution in [1.82, 2.24) is 15.2 Å². The van der Waals surface area contributed by atoms with Crippen LogP contribution in [-0.2, 0) is 11.3 Å². The van der Waals surface area contributed by atoms with Gasteiger partial charge in [-0.05, 0) is 25.3 Å². The van der Waals surface area contributed by atoms with E-state index in [9.17, 15) is 9.59 Å². The highest BCUT2D eigenvalue weighted by atomic mass is 16.3. The molecule has 0 unspecified atom stereocenters. The Morgan fingerprint density at radius 2 is 2.17 bits per heavy atom. The molecular formula is C17H19N3O3. The van der Waals surface area contributed by atoms with E-state index in [-0.39, 0.29) is 17.5 Å². The molecule has 1 aromatic carbocycles. The van der Waals surface area contributed by atoms with Crippen LogP contribution in [0.3, 0.4) is 0 Å². The minimum absolute atomic E-state index is 0.0467. The second kappa shape index (κ2) is 6.64. The molecule has 120 valence electrons. The maximum Gasteiger partial charge on any atom is 0.274 e. The number of rotatable bonds is 4. The van der Waals surface area contributed by atoms with E-state index in [0.717, 1.165) is 12.0 Å². The first-order chi connectivity index (χ1) is 11.1. The first-order valence-corrected chi connectivity index (χ1v) is 7.69. The summed E-state index contributed by atoms with van der Waals surface area (Å²) in [6.45, 7) is 2.95. The fourth-order valence-electron chi connectivity index (χ4n) is 2.78. The fraction of sp³-hybridized carbons (Fsp3) is 0.353. The molecular weight excluding hydrogens is 294 g/mol. The molecule has 2 amide bonds. The number of piperidine rings is 1. The number of carbonyl (C=O) groups excluding carboxylic acids is 2. The lowest BCUT2D eigenvalue weighted by Crippen LogP contribution is -2.52. The molecule has 0 aliphatic carbocycles. The summed E-state index contributed by atoms with van der Waals surface area (Å²) in [5, 5.41) is 2.77. The third-order valence-electron chi connectivity index (χ3n) is 4.01. The number of nitrogens with one attached hydrogen (secondary N) is 1. The van der Waals surface area contributed by atoms with Gasteiger partial charge >= 0.3 is 0 Å². The van der Waals surface area contributed by atoms with Crippen molar-refractivity contribution in [2.75, 3.05) is 6.54 Å². The van der Waals surface area contributed by atoms with E-state index >= 15 is 0 Å². The SMILES string of the molecule is Cc1ocnc1C(=O)N[C@@H]1CCCN(Cc2ccccc2)C1=O. The standard InChI is InChI=1S/C17H19N3O3/c1-12-15(18-11-23-12)16(21)19-14-8-5-9-20(17(14)22)10-13-6-3-2-4-7-13/h2-4,6-7,11,14H,5,8-10H2,1H3,(H,19,21)/t14-/m1/s1. The van der Waals surface area contributed by atoms with Crippen LogP contribution in [0.2, 0.25) is 0 Å². The van der Waals surface area contributed by atoms with Gasteiger partial charge in [0, 0.05) is 13.1 Å². The molecule has 1 saturated heterocycles. The minimum atomic E-state index is -0.504. The molecule has 0 radical (unpaired) electrons. The van der Waals surface area contributed by atoms with Crippen molar-refractivity contribution < 1.29 is 14.0 Å². The first-order valence-electron chi connectivity index (χ1n) is 7.69. The van der Waals surface area contributed by atoms with Crippen LogP contribution in [0.1, 0.15) is 34.7 Å². The molecule has 1 fully saturated rings. The van der Waals surface area contributed by atoms with Gasteiger partial charge in [-0.1, -0.05) is 30.3 Å². The largest absolute Gasteiger partial charge is 0.448 e. The normalized spacial score (nSPS) is 18.0. The average molecular weight is 313 g/mol. The molecule has 2 heterocycles. The van der Waals surface area contributed by atoms with Crippen molar-refractivity contribution in [3.63, 3.8) is 0 Å². The third kappa shape index (κ3) is 3.41. The van der Waals surface area contributed by atoms with Gasteiger partial charge in [-0.25, -0.2) is 4.98 Å². The number of hydrogen-bond donors (Lipinski definition) is 1. The summed E-state index contributed by atoms with van der Waals surface area (Å²) in [5.74, 6) is 0.0395. The monoisotopic (exact) mass is 313 g/mol. The maximum absolute atomic E-state index is 12.6. The van der Waals surface area contributed by atoms with Gasteiger partial charge in [-0.15, -0.1) is 0 Å². The van der Waals surface area contributed by atoms with Gasteiger partial charge in [-0.3, -0.25) is 9.59 Å². The zero-order valence-electron chi connectivity index (χ0n) is 13.0. The van der Waals surface area contributed by atoms with Crippen LogP contribution < -0.4 is 5.32 Å². The molecule has 0 saturated carbocycles. The Labute approximate surface area is 134 Å². The zero-order chi connectivity index (χ0) is 16.2.